The highest BCUT2D eigenvalue weighted by atomic mass is 32.2. The number of piperidine rings is 1. The van der Waals surface area contributed by atoms with Crippen molar-refractivity contribution in [2.45, 2.75) is 37.6 Å². The van der Waals surface area contributed by atoms with Crippen LogP contribution in [0.5, 0.6) is 0 Å². The Morgan fingerprint density at radius 3 is 2.67 bits per heavy atom. The first-order valence-electron chi connectivity index (χ1n) is 13.6. The minimum absolute atomic E-state index is 0.144. The van der Waals surface area contributed by atoms with Crippen LogP contribution < -0.4 is 10.2 Å². The summed E-state index contributed by atoms with van der Waals surface area (Å²) in [5, 5.41) is 3.05. The second-order valence-electron chi connectivity index (χ2n) is 10.4. The van der Waals surface area contributed by atoms with E-state index in [2.05, 4.69) is 17.1 Å². The Morgan fingerprint density at radius 1 is 1.10 bits per heavy atom. The summed E-state index contributed by atoms with van der Waals surface area (Å²) in [5.41, 5.74) is 2.96. The summed E-state index contributed by atoms with van der Waals surface area (Å²) in [7, 11) is 0. The van der Waals surface area contributed by atoms with Crippen LogP contribution in [-0.2, 0) is 11.3 Å². The fraction of sp³-hybridized carbons (Fsp3) is 0.312. The van der Waals surface area contributed by atoms with Gasteiger partial charge < -0.3 is 15.1 Å². The van der Waals surface area contributed by atoms with E-state index in [0.717, 1.165) is 48.0 Å². The first kappa shape index (κ1) is 27.2. The molecule has 0 spiro atoms. The second kappa shape index (κ2) is 12.6. The fourth-order valence-electron chi connectivity index (χ4n) is 5.18. The first-order chi connectivity index (χ1) is 19.0. The maximum Gasteiger partial charge on any atom is 0.265 e. The van der Waals surface area contributed by atoms with Crippen LogP contribution in [0.25, 0.3) is 6.08 Å². The van der Waals surface area contributed by atoms with E-state index >= 15 is 0 Å². The maximum absolute atomic E-state index is 13.7. The average Bonchev–Trinajstić information content (AvgIpc) is 2.95. The third kappa shape index (κ3) is 6.97. The third-order valence-corrected chi connectivity index (χ3v) is 8.29. The van der Waals surface area contributed by atoms with Gasteiger partial charge in [0.25, 0.3) is 11.8 Å². The Morgan fingerprint density at radius 2 is 1.90 bits per heavy atom. The van der Waals surface area contributed by atoms with Crippen LogP contribution in [0.3, 0.4) is 0 Å². The van der Waals surface area contributed by atoms with Crippen molar-refractivity contribution in [3.63, 3.8) is 0 Å². The van der Waals surface area contributed by atoms with Crippen LogP contribution in [0.4, 0.5) is 10.1 Å². The van der Waals surface area contributed by atoms with Crippen molar-refractivity contribution in [1.82, 2.24) is 10.2 Å². The van der Waals surface area contributed by atoms with E-state index in [1.54, 1.807) is 23.1 Å². The number of thioether (sulfide) groups is 1. The topological polar surface area (TPSA) is 52.7 Å². The van der Waals surface area contributed by atoms with Crippen LogP contribution >= 0.6 is 11.8 Å². The van der Waals surface area contributed by atoms with Crippen LogP contribution in [0.15, 0.2) is 82.6 Å². The molecule has 2 heterocycles. The van der Waals surface area contributed by atoms with Gasteiger partial charge in [0, 0.05) is 23.5 Å². The van der Waals surface area contributed by atoms with Gasteiger partial charge >= 0.3 is 0 Å². The number of nitrogens with zero attached hydrogens (tertiary/aromatic N) is 2. The lowest BCUT2D eigenvalue weighted by Gasteiger charge is -2.31. The Bertz CT molecular complexity index is 1340. The van der Waals surface area contributed by atoms with Gasteiger partial charge in [0.15, 0.2) is 0 Å². The van der Waals surface area contributed by atoms with Gasteiger partial charge in [0.2, 0.25) is 0 Å². The predicted octanol–water partition coefficient (Wildman–Crippen LogP) is 6.36. The number of amides is 2. The van der Waals surface area contributed by atoms with E-state index in [0.29, 0.717) is 22.7 Å². The van der Waals surface area contributed by atoms with Gasteiger partial charge in [0.1, 0.15) is 5.82 Å². The lowest BCUT2D eigenvalue weighted by molar-refractivity contribution is -0.114. The molecule has 0 aromatic heterocycles. The number of fused-ring (bicyclic) bond motifs is 1. The molecule has 1 atom stereocenters. The fourth-order valence-corrected chi connectivity index (χ4v) is 6.22. The van der Waals surface area contributed by atoms with Crippen molar-refractivity contribution < 1.29 is 14.0 Å². The zero-order chi connectivity index (χ0) is 27.2. The van der Waals surface area contributed by atoms with E-state index in [-0.39, 0.29) is 24.2 Å². The standard InChI is InChI=1S/C32H34FN3O2S/c1-23-7-5-17-35(21-23)18-6-16-34-31(37)26-12-15-29-28(20-26)36(22-25-10-13-27(33)14-11-25)32(38)30(39-29)19-24-8-3-2-4-9-24/h2-4,8-15,19-20,23H,5-7,16-18,21-22H2,1H3,(H,34,37)/b30-19-/t23-/m0/s1. The molecule has 0 bridgehead atoms. The summed E-state index contributed by atoms with van der Waals surface area (Å²) >= 11 is 1.41. The number of benzene rings is 3. The van der Waals surface area contributed by atoms with Crippen molar-refractivity contribution in [2.24, 2.45) is 5.92 Å². The lowest BCUT2D eigenvalue weighted by Crippen LogP contribution is -2.36. The highest BCUT2D eigenvalue weighted by Crippen LogP contribution is 2.43. The summed E-state index contributed by atoms with van der Waals surface area (Å²) in [4.78, 5) is 32.4. The molecule has 2 aliphatic rings. The number of likely N-dealkylation sites (tertiary alicyclic amines) is 1. The summed E-state index contributed by atoms with van der Waals surface area (Å²) < 4.78 is 13.5. The molecule has 0 aliphatic carbocycles. The van der Waals surface area contributed by atoms with Crippen LogP contribution in [0, 0.1) is 11.7 Å². The number of hydrogen-bond donors (Lipinski definition) is 1. The number of nitrogens with one attached hydrogen (secondary N) is 1. The van der Waals surface area contributed by atoms with Crippen molar-refractivity contribution in [3.05, 3.63) is 100 Å². The van der Waals surface area contributed by atoms with Gasteiger partial charge in [-0.05, 0) is 85.8 Å². The Balaban J connectivity index is 1.33. The highest BCUT2D eigenvalue weighted by molar-refractivity contribution is 8.04. The summed E-state index contributed by atoms with van der Waals surface area (Å²) in [6.45, 7) is 6.44. The minimum Gasteiger partial charge on any atom is -0.352 e. The van der Waals surface area contributed by atoms with E-state index in [4.69, 9.17) is 0 Å². The van der Waals surface area contributed by atoms with E-state index in [9.17, 15) is 14.0 Å². The molecule has 2 amide bonds. The molecule has 1 saturated heterocycles. The molecular formula is C32H34FN3O2S. The molecule has 1 N–H and O–H groups in total. The largest absolute Gasteiger partial charge is 0.352 e. The monoisotopic (exact) mass is 543 g/mol. The number of halogens is 1. The highest BCUT2D eigenvalue weighted by Gasteiger charge is 2.30. The quantitative estimate of drug-likeness (QED) is 0.265. The van der Waals surface area contributed by atoms with E-state index in [1.165, 1.54) is 36.7 Å². The number of carbonyl (C=O) groups is 2. The zero-order valence-corrected chi connectivity index (χ0v) is 23.1. The maximum atomic E-state index is 13.7. The predicted molar refractivity (Wildman–Crippen MR) is 156 cm³/mol. The van der Waals surface area contributed by atoms with Gasteiger partial charge in [-0.3, -0.25) is 9.59 Å². The van der Waals surface area contributed by atoms with E-state index < -0.39 is 0 Å². The molecule has 5 rings (SSSR count). The molecule has 3 aromatic rings. The van der Waals surface area contributed by atoms with Gasteiger partial charge in [0.05, 0.1) is 17.1 Å². The van der Waals surface area contributed by atoms with Crippen molar-refractivity contribution >= 4 is 35.3 Å². The molecular weight excluding hydrogens is 509 g/mol. The Kier molecular flexibility index (Phi) is 8.79. The average molecular weight is 544 g/mol. The molecule has 0 unspecified atom stereocenters. The molecule has 1 fully saturated rings. The van der Waals surface area contributed by atoms with Crippen LogP contribution in [0.2, 0.25) is 0 Å². The molecule has 2 aliphatic heterocycles. The summed E-state index contributed by atoms with van der Waals surface area (Å²) in [6, 6.07) is 21.4. The van der Waals surface area contributed by atoms with Crippen LogP contribution in [0.1, 0.15) is 47.7 Å². The van der Waals surface area contributed by atoms with Gasteiger partial charge in [-0.15, -0.1) is 0 Å². The molecule has 0 saturated carbocycles. The van der Waals surface area contributed by atoms with Crippen molar-refractivity contribution in [3.8, 4) is 0 Å². The SMILES string of the molecule is C[C@H]1CCCN(CCCNC(=O)c2ccc3c(c2)N(Cc2ccc(F)cc2)C(=O)/C(=C/c2ccccc2)S3)C1. The molecule has 3 aromatic carbocycles. The first-order valence-corrected chi connectivity index (χ1v) is 14.4. The molecule has 0 radical (unpaired) electrons. The number of rotatable bonds is 8. The second-order valence-corrected chi connectivity index (χ2v) is 11.5. The smallest absolute Gasteiger partial charge is 0.265 e. The van der Waals surface area contributed by atoms with Gasteiger partial charge in [-0.2, -0.15) is 0 Å². The molecule has 39 heavy (non-hydrogen) atoms. The summed E-state index contributed by atoms with van der Waals surface area (Å²) in [5.74, 6) is 0.132. The zero-order valence-electron chi connectivity index (χ0n) is 22.2. The van der Waals surface area contributed by atoms with Gasteiger partial charge in [-0.25, -0.2) is 4.39 Å². The molecule has 202 valence electrons. The Labute approximate surface area is 234 Å². The number of carbonyl (C=O) groups excluding carboxylic acids is 2. The van der Waals surface area contributed by atoms with Crippen molar-refractivity contribution in [1.29, 1.82) is 0 Å². The number of anilines is 1. The van der Waals surface area contributed by atoms with Crippen molar-refractivity contribution in [2.75, 3.05) is 31.1 Å². The summed E-state index contributed by atoms with van der Waals surface area (Å²) in [6.07, 6.45) is 5.34. The minimum atomic E-state index is -0.321. The number of hydrogen-bond acceptors (Lipinski definition) is 4. The molecule has 5 nitrogen and oxygen atoms in total. The Hall–Kier alpha value is -3.42. The van der Waals surface area contributed by atoms with E-state index in [1.807, 2.05) is 48.5 Å². The van der Waals surface area contributed by atoms with Gasteiger partial charge in [-0.1, -0.05) is 61.2 Å². The molecule has 7 heteroatoms. The normalized spacial score (nSPS) is 18.7. The third-order valence-electron chi connectivity index (χ3n) is 7.22. The lowest BCUT2D eigenvalue weighted by atomic mass is 10.0. The van der Waals surface area contributed by atoms with Crippen LogP contribution in [-0.4, -0.2) is 42.9 Å².